The predicted octanol–water partition coefficient (Wildman–Crippen LogP) is 6.88. The molecule has 0 aliphatic carbocycles. The highest BCUT2D eigenvalue weighted by molar-refractivity contribution is 6.39. The minimum Gasteiger partial charge on any atom is -0.388 e. The maximum atomic E-state index is 13.3. The van der Waals surface area contributed by atoms with Crippen LogP contribution in [0.25, 0.3) is 21.5 Å². The van der Waals surface area contributed by atoms with Gasteiger partial charge in [-0.05, 0) is 77.9 Å². The third kappa shape index (κ3) is 4.19. The van der Waals surface area contributed by atoms with Crippen molar-refractivity contribution in [2.75, 3.05) is 6.54 Å². The summed E-state index contributed by atoms with van der Waals surface area (Å²) < 4.78 is 40.0. The number of nitrogens with one attached hydrogen (secondary N) is 1. The Hall–Kier alpha value is -1.53. The predicted molar refractivity (Wildman–Crippen MR) is 112 cm³/mol. The molecule has 3 aromatic rings. The molecule has 2 N–H and O–H groups in total. The fourth-order valence-corrected chi connectivity index (χ4v) is 4.73. The highest BCUT2D eigenvalue weighted by atomic mass is 35.5. The second-order valence-corrected chi connectivity index (χ2v) is 8.45. The first kappa shape index (κ1) is 20.7. The summed E-state index contributed by atoms with van der Waals surface area (Å²) in [6.07, 6.45) is -1.61. The van der Waals surface area contributed by atoms with E-state index in [4.69, 9.17) is 23.2 Å². The number of fused-ring (bicyclic) bond motifs is 3. The first-order chi connectivity index (χ1) is 13.7. The second kappa shape index (κ2) is 7.95. The number of aliphatic hydroxyl groups is 1. The van der Waals surface area contributed by atoms with E-state index in [1.165, 1.54) is 6.07 Å². The topological polar surface area (TPSA) is 32.3 Å². The smallest absolute Gasteiger partial charge is 0.388 e. The van der Waals surface area contributed by atoms with E-state index in [9.17, 15) is 18.3 Å². The number of alkyl halides is 3. The molecule has 1 fully saturated rings. The van der Waals surface area contributed by atoms with E-state index in [1.807, 2.05) is 0 Å². The van der Waals surface area contributed by atoms with E-state index in [0.29, 0.717) is 43.6 Å². The SMILES string of the molecule is OC(CC1CCCCN1)c1cc2c(Cl)cc(Cl)cc2c2cc(C(F)(F)F)ccc12. The number of benzene rings is 3. The van der Waals surface area contributed by atoms with Crippen LogP contribution in [0.5, 0.6) is 0 Å². The molecular formula is C22H20Cl2F3NO. The van der Waals surface area contributed by atoms with Gasteiger partial charge in [0, 0.05) is 21.5 Å². The standard InChI is InChI=1S/C22H20Cl2F3NO/c23-13-8-17-16-7-12(22(25,26)27)4-5-15(16)19(11-18(17)20(24)9-13)21(29)10-14-3-1-2-6-28-14/h4-5,7-9,11,14,21,28-29H,1-3,6,10H2. The molecule has 0 aromatic heterocycles. The third-order valence-corrected chi connectivity index (χ3v) is 6.15. The molecule has 2 atom stereocenters. The maximum absolute atomic E-state index is 13.3. The first-order valence-corrected chi connectivity index (χ1v) is 10.3. The zero-order valence-electron chi connectivity index (χ0n) is 15.5. The highest BCUT2D eigenvalue weighted by Crippen LogP contribution is 2.40. The minimum atomic E-state index is -4.47. The molecule has 29 heavy (non-hydrogen) atoms. The lowest BCUT2D eigenvalue weighted by atomic mass is 9.89. The monoisotopic (exact) mass is 441 g/mol. The summed E-state index contributed by atoms with van der Waals surface area (Å²) >= 11 is 12.5. The van der Waals surface area contributed by atoms with Crippen LogP contribution in [0.3, 0.4) is 0 Å². The number of piperidine rings is 1. The van der Waals surface area contributed by atoms with Gasteiger partial charge < -0.3 is 10.4 Å². The molecule has 4 rings (SSSR count). The van der Waals surface area contributed by atoms with Gasteiger partial charge in [-0.15, -0.1) is 0 Å². The molecule has 0 bridgehead atoms. The average molecular weight is 442 g/mol. The summed E-state index contributed by atoms with van der Waals surface area (Å²) in [5.41, 5.74) is -0.166. The summed E-state index contributed by atoms with van der Waals surface area (Å²) in [4.78, 5) is 0. The van der Waals surface area contributed by atoms with Crippen LogP contribution in [0.4, 0.5) is 13.2 Å². The van der Waals surface area contributed by atoms with Crippen LogP contribution in [-0.2, 0) is 6.18 Å². The van der Waals surface area contributed by atoms with Gasteiger partial charge in [0.2, 0.25) is 0 Å². The van der Waals surface area contributed by atoms with Gasteiger partial charge in [0.15, 0.2) is 0 Å². The van der Waals surface area contributed by atoms with Gasteiger partial charge in [-0.1, -0.05) is 35.7 Å². The van der Waals surface area contributed by atoms with Crippen molar-refractivity contribution in [2.45, 2.75) is 44.0 Å². The normalized spacial score (nSPS) is 19.0. The lowest BCUT2D eigenvalue weighted by molar-refractivity contribution is -0.137. The zero-order valence-corrected chi connectivity index (χ0v) is 17.0. The van der Waals surface area contributed by atoms with Gasteiger partial charge in [-0.2, -0.15) is 13.2 Å². The number of aliphatic hydroxyl groups excluding tert-OH is 1. The van der Waals surface area contributed by atoms with Crippen molar-refractivity contribution in [3.05, 3.63) is 57.6 Å². The Labute approximate surface area is 176 Å². The van der Waals surface area contributed by atoms with E-state index >= 15 is 0 Å². The molecule has 1 heterocycles. The van der Waals surface area contributed by atoms with E-state index in [0.717, 1.165) is 37.9 Å². The molecule has 154 valence electrons. The van der Waals surface area contributed by atoms with Crippen molar-refractivity contribution >= 4 is 44.7 Å². The number of halogens is 5. The van der Waals surface area contributed by atoms with Gasteiger partial charge in [-0.25, -0.2) is 0 Å². The zero-order chi connectivity index (χ0) is 20.8. The third-order valence-electron chi connectivity index (χ3n) is 5.62. The average Bonchev–Trinajstić information content (AvgIpc) is 2.67. The van der Waals surface area contributed by atoms with E-state index in [1.54, 1.807) is 18.2 Å². The minimum absolute atomic E-state index is 0.180. The molecule has 1 aliphatic rings. The molecular weight excluding hydrogens is 422 g/mol. The van der Waals surface area contributed by atoms with Crippen LogP contribution in [0.15, 0.2) is 36.4 Å². The molecule has 1 saturated heterocycles. The van der Waals surface area contributed by atoms with Crippen LogP contribution < -0.4 is 5.32 Å². The molecule has 2 unspecified atom stereocenters. The van der Waals surface area contributed by atoms with Crippen LogP contribution in [-0.4, -0.2) is 17.7 Å². The first-order valence-electron chi connectivity index (χ1n) is 9.58. The van der Waals surface area contributed by atoms with Crippen molar-refractivity contribution < 1.29 is 18.3 Å². The van der Waals surface area contributed by atoms with Crippen molar-refractivity contribution in [3.63, 3.8) is 0 Å². The Bertz CT molecular complexity index is 1060. The van der Waals surface area contributed by atoms with Crippen LogP contribution in [0.1, 0.15) is 42.9 Å². The molecule has 0 radical (unpaired) electrons. The maximum Gasteiger partial charge on any atom is 0.416 e. The molecule has 1 aliphatic heterocycles. The van der Waals surface area contributed by atoms with Gasteiger partial charge in [0.1, 0.15) is 0 Å². The van der Waals surface area contributed by atoms with Gasteiger partial charge in [-0.3, -0.25) is 0 Å². The Morgan fingerprint density at radius 2 is 1.76 bits per heavy atom. The van der Waals surface area contributed by atoms with Crippen molar-refractivity contribution in [1.82, 2.24) is 5.32 Å². The molecule has 0 amide bonds. The summed E-state index contributed by atoms with van der Waals surface area (Å²) in [6.45, 7) is 0.912. The number of rotatable bonds is 3. The van der Waals surface area contributed by atoms with Crippen LogP contribution in [0, 0.1) is 0 Å². The Kier molecular flexibility index (Phi) is 5.68. The van der Waals surface area contributed by atoms with Gasteiger partial charge in [0.25, 0.3) is 0 Å². The van der Waals surface area contributed by atoms with Gasteiger partial charge >= 0.3 is 6.18 Å². The Balaban J connectivity index is 1.91. The van der Waals surface area contributed by atoms with Crippen LogP contribution in [0.2, 0.25) is 10.0 Å². The molecule has 0 saturated carbocycles. The largest absolute Gasteiger partial charge is 0.416 e. The van der Waals surface area contributed by atoms with E-state index in [-0.39, 0.29) is 6.04 Å². The summed E-state index contributed by atoms with van der Waals surface area (Å²) in [7, 11) is 0. The lowest BCUT2D eigenvalue weighted by Gasteiger charge is -2.26. The summed E-state index contributed by atoms with van der Waals surface area (Å²) in [5, 5.41) is 17.1. The lowest BCUT2D eigenvalue weighted by Crippen LogP contribution is -2.35. The fourth-order valence-electron chi connectivity index (χ4n) is 4.18. The summed E-state index contributed by atoms with van der Waals surface area (Å²) in [6, 6.07) is 8.72. The number of hydrogen-bond donors (Lipinski definition) is 2. The molecule has 3 aromatic carbocycles. The Morgan fingerprint density at radius 3 is 2.45 bits per heavy atom. The number of hydrogen-bond acceptors (Lipinski definition) is 2. The molecule has 0 spiro atoms. The highest BCUT2D eigenvalue weighted by Gasteiger charge is 2.31. The van der Waals surface area contributed by atoms with E-state index < -0.39 is 17.8 Å². The fraction of sp³-hybridized carbons (Fsp3) is 0.364. The molecule has 7 heteroatoms. The van der Waals surface area contributed by atoms with Gasteiger partial charge in [0.05, 0.1) is 11.7 Å². The second-order valence-electron chi connectivity index (χ2n) is 7.60. The van der Waals surface area contributed by atoms with Crippen molar-refractivity contribution in [1.29, 1.82) is 0 Å². The summed E-state index contributed by atoms with van der Waals surface area (Å²) in [5.74, 6) is 0. The Morgan fingerprint density at radius 1 is 1.00 bits per heavy atom. The van der Waals surface area contributed by atoms with Crippen molar-refractivity contribution in [3.8, 4) is 0 Å². The quantitative estimate of drug-likeness (QED) is 0.433. The van der Waals surface area contributed by atoms with E-state index in [2.05, 4.69) is 5.32 Å². The molecule has 2 nitrogen and oxygen atoms in total. The van der Waals surface area contributed by atoms with Crippen LogP contribution >= 0.6 is 23.2 Å². The van der Waals surface area contributed by atoms with Crippen molar-refractivity contribution in [2.24, 2.45) is 0 Å².